The number of amides is 2. The first-order valence-electron chi connectivity index (χ1n) is 11.8. The molecular weight excluding hydrogens is 460 g/mol. The third kappa shape index (κ3) is 4.77. The zero-order chi connectivity index (χ0) is 24.4. The zero-order valence-corrected chi connectivity index (χ0v) is 20.2. The molecule has 0 saturated heterocycles. The number of benzene rings is 2. The Morgan fingerprint density at radius 1 is 1.03 bits per heavy atom. The van der Waals surface area contributed by atoms with Crippen LogP contribution >= 0.6 is 11.3 Å². The van der Waals surface area contributed by atoms with Crippen molar-refractivity contribution in [3.63, 3.8) is 0 Å². The van der Waals surface area contributed by atoms with Gasteiger partial charge in [-0.05, 0) is 55.5 Å². The van der Waals surface area contributed by atoms with Gasteiger partial charge in [0.15, 0.2) is 6.04 Å². The number of hydrogen-bond acceptors (Lipinski definition) is 5. The highest BCUT2D eigenvalue weighted by atomic mass is 32.1. The van der Waals surface area contributed by atoms with Crippen molar-refractivity contribution in [3.8, 4) is 0 Å². The molecule has 1 atom stereocenters. The largest absolute Gasteiger partial charge is 0.422 e. The fraction of sp³-hybridized carbons (Fsp3) is 0.250. The van der Waals surface area contributed by atoms with Gasteiger partial charge in [-0.2, -0.15) is 0 Å². The molecule has 4 aromatic rings. The summed E-state index contributed by atoms with van der Waals surface area (Å²) in [6.07, 6.45) is 4.01. The van der Waals surface area contributed by atoms with Crippen molar-refractivity contribution in [1.29, 1.82) is 0 Å². The number of hydrogen-bond donors (Lipinski definition) is 1. The zero-order valence-electron chi connectivity index (χ0n) is 19.4. The predicted molar refractivity (Wildman–Crippen MR) is 138 cm³/mol. The molecule has 1 aliphatic carbocycles. The summed E-state index contributed by atoms with van der Waals surface area (Å²) in [5, 5.41) is 5.68. The van der Waals surface area contributed by atoms with E-state index in [1.807, 2.05) is 42.6 Å². The van der Waals surface area contributed by atoms with E-state index in [-0.39, 0.29) is 17.5 Å². The molecule has 0 radical (unpaired) electrons. The molecule has 7 heteroatoms. The molecule has 2 heterocycles. The summed E-state index contributed by atoms with van der Waals surface area (Å²) in [6.45, 7) is 1.96. The highest BCUT2D eigenvalue weighted by Gasteiger charge is 2.36. The Labute approximate surface area is 207 Å². The van der Waals surface area contributed by atoms with Crippen LogP contribution in [0.3, 0.4) is 0 Å². The number of fused-ring (bicyclic) bond motifs is 1. The molecule has 0 bridgehead atoms. The Balaban J connectivity index is 1.63. The molecule has 2 aromatic carbocycles. The second-order valence-corrected chi connectivity index (χ2v) is 9.88. The van der Waals surface area contributed by atoms with Crippen molar-refractivity contribution in [2.24, 2.45) is 0 Å². The van der Waals surface area contributed by atoms with Crippen molar-refractivity contribution < 1.29 is 14.0 Å². The van der Waals surface area contributed by atoms with Crippen molar-refractivity contribution in [1.82, 2.24) is 5.32 Å². The van der Waals surface area contributed by atoms with Gasteiger partial charge in [-0.25, -0.2) is 4.79 Å². The van der Waals surface area contributed by atoms with Gasteiger partial charge < -0.3 is 9.73 Å². The molecule has 2 aromatic heterocycles. The summed E-state index contributed by atoms with van der Waals surface area (Å²) in [4.78, 5) is 42.8. The van der Waals surface area contributed by atoms with Crippen LogP contribution in [0.4, 0.5) is 5.69 Å². The quantitative estimate of drug-likeness (QED) is 0.359. The molecule has 0 unspecified atom stereocenters. The molecule has 1 fully saturated rings. The summed E-state index contributed by atoms with van der Waals surface area (Å²) < 4.78 is 5.46. The van der Waals surface area contributed by atoms with Crippen LogP contribution in [-0.4, -0.2) is 17.9 Å². The van der Waals surface area contributed by atoms with Crippen LogP contribution in [0.25, 0.3) is 11.0 Å². The summed E-state index contributed by atoms with van der Waals surface area (Å²) in [5.74, 6) is -0.827. The topological polar surface area (TPSA) is 79.6 Å². The van der Waals surface area contributed by atoms with Gasteiger partial charge in [0.05, 0.1) is 0 Å². The van der Waals surface area contributed by atoms with Crippen LogP contribution in [0, 0.1) is 6.92 Å². The average Bonchev–Trinajstić information content (AvgIpc) is 3.57. The predicted octanol–water partition coefficient (Wildman–Crippen LogP) is 5.61. The lowest BCUT2D eigenvalue weighted by Crippen LogP contribution is -2.47. The maximum atomic E-state index is 14.1. The second-order valence-electron chi connectivity index (χ2n) is 8.90. The number of carbonyl (C=O) groups excluding carboxylic acids is 2. The molecule has 2 amide bonds. The number of anilines is 1. The van der Waals surface area contributed by atoms with Crippen molar-refractivity contribution in [2.75, 3.05) is 4.90 Å². The van der Waals surface area contributed by atoms with E-state index in [2.05, 4.69) is 5.32 Å². The number of nitrogens with one attached hydrogen (secondary N) is 1. The van der Waals surface area contributed by atoms with Gasteiger partial charge in [0.25, 0.3) is 5.91 Å². The molecule has 1 N–H and O–H groups in total. The fourth-order valence-corrected chi connectivity index (χ4v) is 5.41. The van der Waals surface area contributed by atoms with Crippen LogP contribution in [0.5, 0.6) is 0 Å². The lowest BCUT2D eigenvalue weighted by Gasteiger charge is -2.31. The number of aryl methyl sites for hydroxylation is 1. The standard InChI is InChI=1S/C28H26N2O4S/c1-18-12-14-21(15-13-18)30(27(32)22-17-19-7-2-5-10-23(19)34-28(22)33)25(24-11-6-16-35-24)26(31)29-20-8-3-4-9-20/h2,5-7,10-17,20,25H,3-4,8-9H2,1H3,(H,29,31)/t25-/m0/s1. The van der Waals surface area contributed by atoms with E-state index in [1.165, 1.54) is 16.2 Å². The molecule has 1 aliphatic rings. The molecule has 1 saturated carbocycles. The molecule has 0 spiro atoms. The Morgan fingerprint density at radius 2 is 1.77 bits per heavy atom. The number of thiophene rings is 1. The van der Waals surface area contributed by atoms with Crippen LogP contribution in [-0.2, 0) is 4.79 Å². The van der Waals surface area contributed by atoms with E-state index in [4.69, 9.17) is 4.42 Å². The van der Waals surface area contributed by atoms with Crippen molar-refractivity contribution >= 4 is 39.8 Å². The number of carbonyl (C=O) groups is 2. The third-order valence-electron chi connectivity index (χ3n) is 6.42. The van der Waals surface area contributed by atoms with E-state index in [9.17, 15) is 14.4 Å². The maximum absolute atomic E-state index is 14.1. The first-order valence-corrected chi connectivity index (χ1v) is 12.7. The second kappa shape index (κ2) is 9.88. The van der Waals surface area contributed by atoms with Crippen molar-refractivity contribution in [2.45, 2.75) is 44.7 Å². The Kier molecular flexibility index (Phi) is 6.51. The van der Waals surface area contributed by atoms with Gasteiger partial charge in [0.2, 0.25) is 5.91 Å². The van der Waals surface area contributed by atoms with E-state index in [0.29, 0.717) is 16.7 Å². The Bertz CT molecular complexity index is 1400. The van der Waals surface area contributed by atoms with E-state index in [0.717, 1.165) is 36.1 Å². The monoisotopic (exact) mass is 486 g/mol. The third-order valence-corrected chi connectivity index (χ3v) is 7.35. The lowest BCUT2D eigenvalue weighted by atomic mass is 10.1. The SMILES string of the molecule is Cc1ccc(N(C(=O)c2cc3ccccc3oc2=O)[C@H](C(=O)NC2CCCC2)c2cccs2)cc1. The average molecular weight is 487 g/mol. The van der Waals surface area contributed by atoms with Gasteiger partial charge in [-0.15, -0.1) is 11.3 Å². The van der Waals surface area contributed by atoms with E-state index in [1.54, 1.807) is 36.4 Å². The normalized spacial score (nSPS) is 14.7. The number of rotatable bonds is 6. The van der Waals surface area contributed by atoms with E-state index >= 15 is 0 Å². The van der Waals surface area contributed by atoms with Gasteiger partial charge in [0.1, 0.15) is 11.1 Å². The minimum Gasteiger partial charge on any atom is -0.422 e. The molecule has 6 nitrogen and oxygen atoms in total. The van der Waals surface area contributed by atoms with Crippen LogP contribution < -0.4 is 15.8 Å². The lowest BCUT2D eigenvalue weighted by molar-refractivity contribution is -0.123. The summed E-state index contributed by atoms with van der Waals surface area (Å²) >= 11 is 1.41. The summed E-state index contributed by atoms with van der Waals surface area (Å²) in [6, 6.07) is 18.9. The van der Waals surface area contributed by atoms with Gasteiger partial charge in [-0.1, -0.05) is 54.8 Å². The fourth-order valence-electron chi connectivity index (χ4n) is 4.60. The van der Waals surface area contributed by atoms with Crippen LogP contribution in [0.2, 0.25) is 0 Å². The molecule has 0 aliphatic heterocycles. The summed E-state index contributed by atoms with van der Waals surface area (Å²) in [5.41, 5.74) is 1.12. The number of para-hydroxylation sites is 1. The minimum atomic E-state index is -0.920. The van der Waals surface area contributed by atoms with Crippen LogP contribution in [0.15, 0.2) is 81.3 Å². The highest BCUT2D eigenvalue weighted by Crippen LogP contribution is 2.33. The summed E-state index contributed by atoms with van der Waals surface area (Å²) in [7, 11) is 0. The van der Waals surface area contributed by atoms with Gasteiger partial charge >= 0.3 is 5.63 Å². The number of nitrogens with zero attached hydrogens (tertiary/aromatic N) is 1. The first-order chi connectivity index (χ1) is 17.0. The Morgan fingerprint density at radius 3 is 2.49 bits per heavy atom. The maximum Gasteiger partial charge on any atom is 0.349 e. The minimum absolute atomic E-state index is 0.0886. The first kappa shape index (κ1) is 23.1. The molecular formula is C28H26N2O4S. The van der Waals surface area contributed by atoms with Crippen LogP contribution in [0.1, 0.15) is 52.5 Å². The van der Waals surface area contributed by atoms with Crippen molar-refractivity contribution in [3.05, 3.63) is 98.5 Å². The Hall–Kier alpha value is -3.71. The van der Waals surface area contributed by atoms with Gasteiger partial charge in [-0.3, -0.25) is 14.5 Å². The highest BCUT2D eigenvalue weighted by molar-refractivity contribution is 7.10. The molecule has 178 valence electrons. The molecule has 5 rings (SSSR count). The van der Waals surface area contributed by atoms with E-state index < -0.39 is 17.6 Å². The smallest absolute Gasteiger partial charge is 0.349 e. The molecule has 35 heavy (non-hydrogen) atoms. The van der Waals surface area contributed by atoms with Gasteiger partial charge in [0, 0.05) is 22.0 Å².